The summed E-state index contributed by atoms with van der Waals surface area (Å²) in [7, 11) is 1.64. The number of carbonyl (C=O) groups excluding carboxylic acids is 1. The highest BCUT2D eigenvalue weighted by Gasteiger charge is 2.16. The van der Waals surface area contributed by atoms with Crippen LogP contribution in [0.2, 0.25) is 0 Å². The first-order valence-electron chi connectivity index (χ1n) is 6.35. The highest BCUT2D eigenvalue weighted by atomic mass is 79.9. The summed E-state index contributed by atoms with van der Waals surface area (Å²) in [5.74, 6) is -0.119. The Morgan fingerprint density at radius 3 is 2.63 bits per heavy atom. The van der Waals surface area contributed by atoms with Crippen LogP contribution in [0, 0.1) is 0 Å². The van der Waals surface area contributed by atoms with Crippen molar-refractivity contribution in [2.24, 2.45) is 5.73 Å². The molecule has 1 amide bonds. The number of carbonyl (C=O) groups is 1. The third kappa shape index (κ3) is 5.72. The van der Waals surface area contributed by atoms with Crippen molar-refractivity contribution in [3.63, 3.8) is 0 Å². The number of rotatable bonds is 7. The topological polar surface area (TPSA) is 64.3 Å². The first-order chi connectivity index (χ1) is 9.04. The Bertz CT molecular complexity index is 395. The number of hydrogen-bond acceptors (Lipinski definition) is 3. The number of nitrogens with two attached hydrogens (primary N) is 1. The lowest BCUT2D eigenvalue weighted by Crippen LogP contribution is -2.41. The van der Waals surface area contributed by atoms with E-state index in [0.717, 1.165) is 16.5 Å². The summed E-state index contributed by atoms with van der Waals surface area (Å²) in [5.41, 5.74) is 6.89. The van der Waals surface area contributed by atoms with Crippen molar-refractivity contribution >= 4 is 21.8 Å². The highest BCUT2D eigenvalue weighted by molar-refractivity contribution is 9.10. The average Bonchev–Trinajstić information content (AvgIpc) is 2.39. The minimum absolute atomic E-state index is 0.0472. The van der Waals surface area contributed by atoms with Gasteiger partial charge in [-0.15, -0.1) is 0 Å². The standard InChI is InChI=1S/C14H21BrN2O2/c1-10(11-5-7-12(15)8-6-11)17-14(18)13(16)4-3-9-19-2/h5-8,10,13H,3-4,9,16H2,1-2H3,(H,17,18)/t10-,13?/m1/s1. The van der Waals surface area contributed by atoms with Crippen molar-refractivity contribution in [3.05, 3.63) is 34.3 Å². The van der Waals surface area contributed by atoms with Gasteiger partial charge in [0.05, 0.1) is 12.1 Å². The molecule has 0 radical (unpaired) electrons. The van der Waals surface area contributed by atoms with Crippen LogP contribution in [0.3, 0.4) is 0 Å². The molecule has 0 saturated heterocycles. The van der Waals surface area contributed by atoms with Gasteiger partial charge in [0.1, 0.15) is 0 Å². The van der Waals surface area contributed by atoms with E-state index in [1.807, 2.05) is 31.2 Å². The molecule has 1 unspecified atom stereocenters. The number of amides is 1. The van der Waals surface area contributed by atoms with Crippen LogP contribution in [0.25, 0.3) is 0 Å². The SMILES string of the molecule is COCCCC(N)C(=O)N[C@H](C)c1ccc(Br)cc1. The van der Waals surface area contributed by atoms with Gasteiger partial charge in [-0.25, -0.2) is 0 Å². The number of hydrogen-bond donors (Lipinski definition) is 2. The predicted molar refractivity (Wildman–Crippen MR) is 79.8 cm³/mol. The molecule has 0 aliphatic heterocycles. The molecule has 1 aromatic rings. The average molecular weight is 329 g/mol. The second-order valence-electron chi connectivity index (χ2n) is 4.52. The first kappa shape index (κ1) is 16.1. The van der Waals surface area contributed by atoms with Gasteiger partial charge < -0.3 is 15.8 Å². The Kier molecular flexibility index (Phi) is 7.05. The fourth-order valence-electron chi connectivity index (χ4n) is 1.73. The van der Waals surface area contributed by atoms with Crippen LogP contribution in [0.15, 0.2) is 28.7 Å². The van der Waals surface area contributed by atoms with Crippen molar-refractivity contribution in [2.45, 2.75) is 31.8 Å². The van der Waals surface area contributed by atoms with Gasteiger partial charge in [-0.1, -0.05) is 28.1 Å². The van der Waals surface area contributed by atoms with Gasteiger partial charge in [-0.05, 0) is 37.5 Å². The van der Waals surface area contributed by atoms with E-state index in [1.165, 1.54) is 0 Å². The predicted octanol–water partition coefficient (Wildman–Crippen LogP) is 2.38. The summed E-state index contributed by atoms with van der Waals surface area (Å²) in [6.45, 7) is 2.58. The molecule has 4 nitrogen and oxygen atoms in total. The molecule has 5 heteroatoms. The fourth-order valence-corrected chi connectivity index (χ4v) is 2.00. The van der Waals surface area contributed by atoms with E-state index >= 15 is 0 Å². The van der Waals surface area contributed by atoms with Crippen LogP contribution >= 0.6 is 15.9 Å². The van der Waals surface area contributed by atoms with Crippen molar-refractivity contribution in [2.75, 3.05) is 13.7 Å². The molecule has 1 rings (SSSR count). The van der Waals surface area contributed by atoms with Crippen molar-refractivity contribution < 1.29 is 9.53 Å². The molecule has 2 atom stereocenters. The molecule has 0 fully saturated rings. The van der Waals surface area contributed by atoms with E-state index in [4.69, 9.17) is 10.5 Å². The van der Waals surface area contributed by atoms with E-state index in [9.17, 15) is 4.79 Å². The van der Waals surface area contributed by atoms with Gasteiger partial charge in [-0.3, -0.25) is 4.79 Å². The van der Waals surface area contributed by atoms with Crippen LogP contribution in [0.5, 0.6) is 0 Å². The molecule has 0 bridgehead atoms. The summed E-state index contributed by atoms with van der Waals surface area (Å²) in [5, 5.41) is 2.92. The van der Waals surface area contributed by atoms with Crippen LogP contribution in [-0.4, -0.2) is 25.7 Å². The second-order valence-corrected chi connectivity index (χ2v) is 5.44. The van der Waals surface area contributed by atoms with Crippen LogP contribution in [0.1, 0.15) is 31.4 Å². The summed E-state index contributed by atoms with van der Waals surface area (Å²) < 4.78 is 5.96. The smallest absolute Gasteiger partial charge is 0.237 e. The van der Waals surface area contributed by atoms with Crippen molar-refractivity contribution in [1.29, 1.82) is 0 Å². The van der Waals surface area contributed by atoms with Gasteiger partial charge >= 0.3 is 0 Å². The number of halogens is 1. The number of nitrogens with one attached hydrogen (secondary N) is 1. The third-order valence-electron chi connectivity index (χ3n) is 2.93. The summed E-state index contributed by atoms with van der Waals surface area (Å²) >= 11 is 3.38. The molecule has 0 saturated carbocycles. The maximum absolute atomic E-state index is 11.9. The van der Waals surface area contributed by atoms with Gasteiger partial charge in [-0.2, -0.15) is 0 Å². The Morgan fingerprint density at radius 1 is 1.42 bits per heavy atom. The summed E-state index contributed by atoms with van der Waals surface area (Å²) in [6.07, 6.45) is 1.42. The second kappa shape index (κ2) is 8.30. The maximum atomic E-state index is 11.9. The molecule has 1 aromatic carbocycles. The van der Waals surface area contributed by atoms with E-state index in [1.54, 1.807) is 7.11 Å². The first-order valence-corrected chi connectivity index (χ1v) is 7.14. The van der Waals surface area contributed by atoms with E-state index in [0.29, 0.717) is 13.0 Å². The molecule has 0 heterocycles. The largest absolute Gasteiger partial charge is 0.385 e. The lowest BCUT2D eigenvalue weighted by atomic mass is 10.1. The number of benzene rings is 1. The zero-order valence-corrected chi connectivity index (χ0v) is 12.9. The Morgan fingerprint density at radius 2 is 2.05 bits per heavy atom. The lowest BCUT2D eigenvalue weighted by Gasteiger charge is -2.18. The van der Waals surface area contributed by atoms with Crippen LogP contribution in [0.4, 0.5) is 0 Å². The van der Waals surface area contributed by atoms with Crippen LogP contribution < -0.4 is 11.1 Å². The van der Waals surface area contributed by atoms with Gasteiger partial charge in [0, 0.05) is 18.2 Å². The number of methoxy groups -OCH3 is 1. The van der Waals surface area contributed by atoms with Gasteiger partial charge in [0.15, 0.2) is 0 Å². The lowest BCUT2D eigenvalue weighted by molar-refractivity contribution is -0.123. The molecule has 0 aliphatic rings. The summed E-state index contributed by atoms with van der Waals surface area (Å²) in [4.78, 5) is 11.9. The molecule has 0 spiro atoms. The molecule has 106 valence electrons. The Balaban J connectivity index is 2.44. The molecular weight excluding hydrogens is 308 g/mol. The zero-order valence-electron chi connectivity index (χ0n) is 11.4. The monoisotopic (exact) mass is 328 g/mol. The van der Waals surface area contributed by atoms with Gasteiger partial charge in [0.2, 0.25) is 5.91 Å². The Hall–Kier alpha value is -0.910. The Labute approximate surface area is 122 Å². The van der Waals surface area contributed by atoms with E-state index in [-0.39, 0.29) is 11.9 Å². The van der Waals surface area contributed by atoms with Crippen LogP contribution in [-0.2, 0) is 9.53 Å². The van der Waals surface area contributed by atoms with E-state index in [2.05, 4.69) is 21.2 Å². The minimum Gasteiger partial charge on any atom is -0.385 e. The fraction of sp³-hybridized carbons (Fsp3) is 0.500. The van der Waals surface area contributed by atoms with Crippen molar-refractivity contribution in [3.8, 4) is 0 Å². The molecule has 0 aromatic heterocycles. The molecule has 3 N–H and O–H groups in total. The minimum atomic E-state index is -0.479. The normalized spacial score (nSPS) is 13.9. The van der Waals surface area contributed by atoms with E-state index < -0.39 is 6.04 Å². The third-order valence-corrected chi connectivity index (χ3v) is 3.46. The number of ether oxygens (including phenoxy) is 1. The quantitative estimate of drug-likeness (QED) is 0.755. The van der Waals surface area contributed by atoms with Gasteiger partial charge in [0.25, 0.3) is 0 Å². The maximum Gasteiger partial charge on any atom is 0.237 e. The summed E-state index contributed by atoms with van der Waals surface area (Å²) in [6, 6.07) is 7.34. The molecule has 0 aliphatic carbocycles. The van der Waals surface area contributed by atoms with Crippen molar-refractivity contribution in [1.82, 2.24) is 5.32 Å². The highest BCUT2D eigenvalue weighted by Crippen LogP contribution is 2.16. The molecule has 19 heavy (non-hydrogen) atoms. The molecular formula is C14H21BrN2O2. The zero-order chi connectivity index (χ0) is 14.3.